The van der Waals surface area contributed by atoms with Gasteiger partial charge in [-0.2, -0.15) is 0 Å². The second-order valence-electron chi connectivity index (χ2n) is 4.29. The lowest BCUT2D eigenvalue weighted by Crippen LogP contribution is -2.08. The third-order valence-electron chi connectivity index (χ3n) is 3.07. The summed E-state index contributed by atoms with van der Waals surface area (Å²) < 4.78 is 14.1. The number of rotatable bonds is 3. The minimum atomic E-state index is -1.11. The molecule has 0 aliphatic carbocycles. The maximum absolute atomic E-state index is 14.1. The average Bonchev–Trinajstić information content (AvgIpc) is 2.42. The van der Waals surface area contributed by atoms with Crippen molar-refractivity contribution in [1.82, 2.24) is 0 Å². The first kappa shape index (κ1) is 13.1. The van der Waals surface area contributed by atoms with E-state index in [2.05, 4.69) is 0 Å². The summed E-state index contributed by atoms with van der Waals surface area (Å²) in [6.07, 6.45) is 0. The SMILES string of the molecule is CC(C(=O)O)c1ccc(-c2ccccc2)c(F)c1O. The molecule has 0 saturated carbocycles. The average molecular weight is 260 g/mol. The lowest BCUT2D eigenvalue weighted by atomic mass is 9.96. The van der Waals surface area contributed by atoms with Crippen LogP contribution < -0.4 is 0 Å². The molecule has 2 aromatic carbocycles. The Morgan fingerprint density at radius 1 is 1.16 bits per heavy atom. The molecule has 0 aromatic heterocycles. The number of halogens is 1. The van der Waals surface area contributed by atoms with Gasteiger partial charge in [0.15, 0.2) is 11.6 Å². The van der Waals surface area contributed by atoms with Crippen LogP contribution in [0.5, 0.6) is 5.75 Å². The van der Waals surface area contributed by atoms with Gasteiger partial charge in [-0.3, -0.25) is 4.79 Å². The van der Waals surface area contributed by atoms with Crippen LogP contribution in [0.2, 0.25) is 0 Å². The van der Waals surface area contributed by atoms with E-state index in [9.17, 15) is 14.3 Å². The molecule has 2 aromatic rings. The van der Waals surface area contributed by atoms with Crippen LogP contribution in [0.4, 0.5) is 4.39 Å². The van der Waals surface area contributed by atoms with E-state index in [1.165, 1.54) is 19.1 Å². The molecule has 98 valence electrons. The fourth-order valence-electron chi connectivity index (χ4n) is 1.90. The molecule has 19 heavy (non-hydrogen) atoms. The highest BCUT2D eigenvalue weighted by molar-refractivity contribution is 5.78. The molecule has 0 bridgehead atoms. The summed E-state index contributed by atoms with van der Waals surface area (Å²) in [4.78, 5) is 10.9. The van der Waals surface area contributed by atoms with E-state index in [1.54, 1.807) is 24.3 Å². The molecule has 1 unspecified atom stereocenters. The zero-order valence-electron chi connectivity index (χ0n) is 10.3. The standard InChI is InChI=1S/C15H13FO3/c1-9(15(18)19)11-7-8-12(13(16)14(11)17)10-5-3-2-4-6-10/h2-9,17H,1H3,(H,18,19). The van der Waals surface area contributed by atoms with Crippen molar-refractivity contribution in [3.63, 3.8) is 0 Å². The van der Waals surface area contributed by atoms with Crippen molar-refractivity contribution in [1.29, 1.82) is 0 Å². The van der Waals surface area contributed by atoms with E-state index < -0.39 is 23.5 Å². The fourth-order valence-corrected chi connectivity index (χ4v) is 1.90. The number of carboxylic acid groups (broad SMARTS) is 1. The molecule has 0 amide bonds. The van der Waals surface area contributed by atoms with Crippen LogP contribution in [0.1, 0.15) is 18.4 Å². The number of hydrogen-bond donors (Lipinski definition) is 2. The highest BCUT2D eigenvalue weighted by Crippen LogP contribution is 2.34. The van der Waals surface area contributed by atoms with Gasteiger partial charge >= 0.3 is 5.97 Å². The summed E-state index contributed by atoms with van der Waals surface area (Å²) in [7, 11) is 0. The monoisotopic (exact) mass is 260 g/mol. The summed E-state index contributed by atoms with van der Waals surface area (Å²) in [6, 6.07) is 11.7. The number of phenols is 1. The molecular formula is C15H13FO3. The number of hydrogen-bond acceptors (Lipinski definition) is 2. The quantitative estimate of drug-likeness (QED) is 0.889. The van der Waals surface area contributed by atoms with Crippen molar-refractivity contribution in [3.05, 3.63) is 53.8 Å². The van der Waals surface area contributed by atoms with Gasteiger partial charge in [-0.1, -0.05) is 42.5 Å². The molecule has 0 heterocycles. The third-order valence-corrected chi connectivity index (χ3v) is 3.07. The van der Waals surface area contributed by atoms with Crippen molar-refractivity contribution >= 4 is 5.97 Å². The van der Waals surface area contributed by atoms with Crippen LogP contribution >= 0.6 is 0 Å². The molecule has 0 spiro atoms. The number of carbonyl (C=O) groups is 1. The molecular weight excluding hydrogens is 247 g/mol. The van der Waals surface area contributed by atoms with E-state index in [0.717, 1.165) is 0 Å². The smallest absolute Gasteiger partial charge is 0.310 e. The predicted molar refractivity (Wildman–Crippen MR) is 69.6 cm³/mol. The van der Waals surface area contributed by atoms with Crippen LogP contribution in [0.3, 0.4) is 0 Å². The van der Waals surface area contributed by atoms with Gasteiger partial charge < -0.3 is 10.2 Å². The minimum absolute atomic E-state index is 0.0738. The topological polar surface area (TPSA) is 57.5 Å². The van der Waals surface area contributed by atoms with Crippen molar-refractivity contribution in [2.75, 3.05) is 0 Å². The van der Waals surface area contributed by atoms with Gasteiger partial charge in [-0.05, 0) is 12.5 Å². The van der Waals surface area contributed by atoms with Gasteiger partial charge in [0.2, 0.25) is 0 Å². The third kappa shape index (κ3) is 2.42. The van der Waals surface area contributed by atoms with E-state index in [0.29, 0.717) is 5.56 Å². The first-order valence-corrected chi connectivity index (χ1v) is 5.82. The van der Waals surface area contributed by atoms with Crippen LogP contribution in [0.15, 0.2) is 42.5 Å². The molecule has 0 saturated heterocycles. The summed E-state index contributed by atoms with van der Waals surface area (Å²) in [5.41, 5.74) is 0.953. The molecule has 2 N–H and O–H groups in total. The minimum Gasteiger partial charge on any atom is -0.505 e. The van der Waals surface area contributed by atoms with Crippen LogP contribution in [-0.4, -0.2) is 16.2 Å². The Morgan fingerprint density at radius 3 is 2.37 bits per heavy atom. The Labute approximate surface area is 109 Å². The number of aromatic hydroxyl groups is 1. The number of benzene rings is 2. The van der Waals surface area contributed by atoms with Gasteiger partial charge in [0.25, 0.3) is 0 Å². The van der Waals surface area contributed by atoms with Gasteiger partial charge in [-0.15, -0.1) is 0 Å². The van der Waals surface area contributed by atoms with Crippen molar-refractivity contribution < 1.29 is 19.4 Å². The van der Waals surface area contributed by atoms with Gasteiger partial charge in [0.1, 0.15) is 0 Å². The summed E-state index contributed by atoms with van der Waals surface area (Å²) >= 11 is 0. The summed E-state index contributed by atoms with van der Waals surface area (Å²) in [5, 5.41) is 18.7. The fraction of sp³-hybridized carbons (Fsp3) is 0.133. The number of phenolic OH excluding ortho intramolecular Hbond substituents is 1. The number of carboxylic acids is 1. The van der Waals surface area contributed by atoms with Gasteiger partial charge in [0.05, 0.1) is 5.92 Å². The molecule has 3 nitrogen and oxygen atoms in total. The van der Waals surface area contributed by atoms with E-state index in [1.807, 2.05) is 6.07 Å². The Hall–Kier alpha value is -2.36. The molecule has 4 heteroatoms. The normalized spacial score (nSPS) is 12.1. The second-order valence-corrected chi connectivity index (χ2v) is 4.29. The molecule has 2 rings (SSSR count). The Morgan fingerprint density at radius 2 is 1.79 bits per heavy atom. The van der Waals surface area contributed by atoms with Crippen LogP contribution in [0, 0.1) is 5.82 Å². The van der Waals surface area contributed by atoms with E-state index >= 15 is 0 Å². The first-order valence-electron chi connectivity index (χ1n) is 5.82. The Bertz CT molecular complexity index is 608. The molecule has 1 atom stereocenters. The highest BCUT2D eigenvalue weighted by Gasteiger charge is 2.21. The molecule has 0 aliphatic heterocycles. The zero-order chi connectivity index (χ0) is 14.0. The van der Waals surface area contributed by atoms with Crippen LogP contribution in [0.25, 0.3) is 11.1 Å². The van der Waals surface area contributed by atoms with Gasteiger partial charge in [-0.25, -0.2) is 4.39 Å². The first-order chi connectivity index (χ1) is 9.02. The maximum Gasteiger partial charge on any atom is 0.310 e. The maximum atomic E-state index is 14.1. The van der Waals surface area contributed by atoms with Crippen molar-refractivity contribution in [3.8, 4) is 16.9 Å². The lowest BCUT2D eigenvalue weighted by molar-refractivity contribution is -0.138. The van der Waals surface area contributed by atoms with E-state index in [-0.39, 0.29) is 11.1 Å². The molecule has 0 aliphatic rings. The largest absolute Gasteiger partial charge is 0.505 e. The van der Waals surface area contributed by atoms with Gasteiger partial charge in [0, 0.05) is 11.1 Å². The van der Waals surface area contributed by atoms with Crippen molar-refractivity contribution in [2.45, 2.75) is 12.8 Å². The highest BCUT2D eigenvalue weighted by atomic mass is 19.1. The Balaban J connectivity index is 2.52. The molecule has 0 fully saturated rings. The Kier molecular flexibility index (Phi) is 3.51. The number of aliphatic carboxylic acids is 1. The van der Waals surface area contributed by atoms with Crippen LogP contribution in [-0.2, 0) is 4.79 Å². The second kappa shape index (κ2) is 5.10. The summed E-state index contributed by atoms with van der Waals surface area (Å²) in [6.45, 7) is 1.40. The predicted octanol–water partition coefficient (Wildman–Crippen LogP) is 3.39. The molecule has 0 radical (unpaired) electrons. The van der Waals surface area contributed by atoms with E-state index in [4.69, 9.17) is 5.11 Å². The lowest BCUT2D eigenvalue weighted by Gasteiger charge is -2.12. The zero-order valence-corrected chi connectivity index (χ0v) is 10.3. The summed E-state index contributed by atoms with van der Waals surface area (Å²) in [5.74, 6) is -3.46. The van der Waals surface area contributed by atoms with Crippen molar-refractivity contribution in [2.24, 2.45) is 0 Å².